The van der Waals surface area contributed by atoms with Gasteiger partial charge in [0.2, 0.25) is 0 Å². The molecule has 1 aromatic heterocycles. The van der Waals surface area contributed by atoms with Crippen LogP contribution in [-0.4, -0.2) is 31.7 Å². The van der Waals surface area contributed by atoms with E-state index in [2.05, 4.69) is 47.1 Å². The first-order valence-electron chi connectivity index (χ1n) is 12.4. The lowest BCUT2D eigenvalue weighted by molar-refractivity contribution is -0.119. The fraction of sp³-hybridized carbons (Fsp3) is 0.200. The Morgan fingerprint density at radius 1 is 0.923 bits per heavy atom. The summed E-state index contributed by atoms with van der Waals surface area (Å²) >= 11 is 0. The van der Waals surface area contributed by atoms with Gasteiger partial charge < -0.3 is 4.57 Å². The van der Waals surface area contributed by atoms with Crippen LogP contribution >= 0.6 is 0 Å². The first kappa shape index (κ1) is 27.8. The SMILES string of the molecule is Cc1ccc(N(CC(=O)N/N=C/c2cc(C)n(-c3ccc(C)c(C)c3)c2C)S(=O)(=O)c2ccc(F)cc2)cc1. The third-order valence-electron chi connectivity index (χ3n) is 6.62. The highest BCUT2D eigenvalue weighted by Crippen LogP contribution is 2.25. The second kappa shape index (κ2) is 11.2. The standard InChI is InChI=1S/C30H31FN4O3S/c1-20-6-11-27(12-7-20)34(39(37,38)29-14-9-26(31)10-15-29)19-30(36)33-32-18-25-17-23(4)35(24(25)5)28-13-8-21(2)22(3)16-28/h6-18H,19H2,1-5H3,(H,33,36)/b32-18+. The van der Waals surface area contributed by atoms with E-state index in [9.17, 15) is 17.6 Å². The average molecular weight is 547 g/mol. The summed E-state index contributed by atoms with van der Waals surface area (Å²) in [6, 6.07) is 19.5. The van der Waals surface area contributed by atoms with Crippen LogP contribution in [0.3, 0.4) is 0 Å². The zero-order valence-corrected chi connectivity index (χ0v) is 23.4. The van der Waals surface area contributed by atoms with Gasteiger partial charge in [0.1, 0.15) is 12.4 Å². The molecule has 0 saturated heterocycles. The minimum Gasteiger partial charge on any atom is -0.318 e. The summed E-state index contributed by atoms with van der Waals surface area (Å²) < 4.78 is 43.3. The van der Waals surface area contributed by atoms with Crippen LogP contribution in [0, 0.1) is 40.4 Å². The molecule has 0 aliphatic carbocycles. The van der Waals surface area contributed by atoms with Crippen molar-refractivity contribution in [2.75, 3.05) is 10.8 Å². The Bertz CT molecular complexity index is 1640. The van der Waals surface area contributed by atoms with E-state index in [0.717, 1.165) is 44.6 Å². The Morgan fingerprint density at radius 2 is 1.59 bits per heavy atom. The van der Waals surface area contributed by atoms with Crippen LogP contribution in [0.2, 0.25) is 0 Å². The van der Waals surface area contributed by atoms with Crippen molar-refractivity contribution in [3.63, 3.8) is 0 Å². The molecule has 0 radical (unpaired) electrons. The molecule has 0 bridgehead atoms. The highest BCUT2D eigenvalue weighted by Gasteiger charge is 2.27. The third kappa shape index (κ3) is 6.09. The number of halogens is 1. The highest BCUT2D eigenvalue weighted by molar-refractivity contribution is 7.92. The third-order valence-corrected chi connectivity index (χ3v) is 8.41. The second-order valence-electron chi connectivity index (χ2n) is 9.52. The van der Waals surface area contributed by atoms with Crippen molar-refractivity contribution in [3.8, 4) is 5.69 Å². The van der Waals surface area contributed by atoms with E-state index in [1.165, 1.54) is 23.3 Å². The van der Waals surface area contributed by atoms with Crippen molar-refractivity contribution < 1.29 is 17.6 Å². The van der Waals surface area contributed by atoms with Gasteiger partial charge in [-0.05, 0) is 100 Å². The largest absolute Gasteiger partial charge is 0.318 e. The molecular formula is C30H31FN4O3S. The molecule has 1 N–H and O–H groups in total. The predicted octanol–water partition coefficient (Wildman–Crippen LogP) is 5.50. The number of amides is 1. The normalized spacial score (nSPS) is 11.6. The van der Waals surface area contributed by atoms with Crippen molar-refractivity contribution in [2.45, 2.75) is 39.5 Å². The molecular weight excluding hydrogens is 515 g/mol. The van der Waals surface area contributed by atoms with Crippen LogP contribution in [0.1, 0.15) is 33.6 Å². The van der Waals surface area contributed by atoms with E-state index in [1.807, 2.05) is 26.8 Å². The average Bonchev–Trinajstić information content (AvgIpc) is 3.17. The zero-order chi connectivity index (χ0) is 28.3. The van der Waals surface area contributed by atoms with Gasteiger partial charge in [0.25, 0.3) is 15.9 Å². The van der Waals surface area contributed by atoms with Gasteiger partial charge >= 0.3 is 0 Å². The number of aryl methyl sites for hydroxylation is 4. The Hall–Kier alpha value is -4.24. The smallest absolute Gasteiger partial charge is 0.264 e. The maximum absolute atomic E-state index is 13.4. The van der Waals surface area contributed by atoms with E-state index in [4.69, 9.17) is 0 Å². The summed E-state index contributed by atoms with van der Waals surface area (Å²) in [4.78, 5) is 12.7. The molecule has 39 heavy (non-hydrogen) atoms. The summed E-state index contributed by atoms with van der Waals surface area (Å²) in [5, 5.41) is 4.10. The van der Waals surface area contributed by atoms with Crippen LogP contribution in [0.25, 0.3) is 5.69 Å². The van der Waals surface area contributed by atoms with Crippen LogP contribution in [0.4, 0.5) is 10.1 Å². The Balaban J connectivity index is 1.55. The monoisotopic (exact) mass is 546 g/mol. The lowest BCUT2D eigenvalue weighted by Gasteiger charge is -2.23. The molecule has 0 fully saturated rings. The number of sulfonamides is 1. The van der Waals surface area contributed by atoms with Gasteiger partial charge in [-0.15, -0.1) is 0 Å². The minimum atomic E-state index is -4.15. The Kier molecular flexibility index (Phi) is 8.01. The van der Waals surface area contributed by atoms with Crippen LogP contribution in [-0.2, 0) is 14.8 Å². The fourth-order valence-electron chi connectivity index (χ4n) is 4.28. The number of anilines is 1. The van der Waals surface area contributed by atoms with Gasteiger partial charge in [-0.25, -0.2) is 18.2 Å². The van der Waals surface area contributed by atoms with Gasteiger partial charge in [0, 0.05) is 22.6 Å². The van der Waals surface area contributed by atoms with E-state index >= 15 is 0 Å². The number of benzene rings is 3. The lowest BCUT2D eigenvalue weighted by Crippen LogP contribution is -2.39. The molecule has 9 heteroatoms. The first-order valence-corrected chi connectivity index (χ1v) is 13.8. The van der Waals surface area contributed by atoms with Crippen LogP contribution < -0.4 is 9.73 Å². The summed E-state index contributed by atoms with van der Waals surface area (Å²) in [6.07, 6.45) is 1.54. The molecule has 0 spiro atoms. The van der Waals surface area contributed by atoms with Crippen LogP contribution in [0.15, 0.2) is 82.8 Å². The van der Waals surface area contributed by atoms with Gasteiger partial charge in [0.05, 0.1) is 16.8 Å². The maximum Gasteiger partial charge on any atom is 0.264 e. The van der Waals surface area contributed by atoms with E-state index in [0.29, 0.717) is 5.69 Å². The molecule has 0 atom stereocenters. The fourth-order valence-corrected chi connectivity index (χ4v) is 5.70. The molecule has 1 amide bonds. The van der Waals surface area contributed by atoms with Crippen molar-refractivity contribution in [2.24, 2.45) is 5.10 Å². The molecule has 3 aromatic carbocycles. The molecule has 4 aromatic rings. The van der Waals surface area contributed by atoms with Gasteiger partial charge in [-0.3, -0.25) is 9.10 Å². The number of hydrogen-bond donors (Lipinski definition) is 1. The predicted molar refractivity (Wildman–Crippen MR) is 153 cm³/mol. The lowest BCUT2D eigenvalue weighted by atomic mass is 10.1. The zero-order valence-electron chi connectivity index (χ0n) is 22.6. The molecule has 0 aliphatic heterocycles. The van der Waals surface area contributed by atoms with E-state index < -0.39 is 28.3 Å². The number of carbonyl (C=O) groups excluding carboxylic acids is 1. The molecule has 1 heterocycles. The number of nitrogens with zero attached hydrogens (tertiary/aromatic N) is 3. The van der Waals surface area contributed by atoms with Crippen molar-refractivity contribution in [3.05, 3.63) is 112 Å². The number of hydrazone groups is 1. The van der Waals surface area contributed by atoms with Crippen molar-refractivity contribution in [1.29, 1.82) is 0 Å². The Labute approximate surface area is 228 Å². The summed E-state index contributed by atoms with van der Waals surface area (Å²) in [5.41, 5.74) is 9.91. The molecule has 0 aliphatic rings. The maximum atomic E-state index is 13.4. The molecule has 0 unspecified atom stereocenters. The van der Waals surface area contributed by atoms with Crippen molar-refractivity contribution >= 4 is 27.8 Å². The van der Waals surface area contributed by atoms with Gasteiger partial charge in [-0.2, -0.15) is 5.10 Å². The van der Waals surface area contributed by atoms with Crippen LogP contribution in [0.5, 0.6) is 0 Å². The van der Waals surface area contributed by atoms with Crippen molar-refractivity contribution in [1.82, 2.24) is 9.99 Å². The Morgan fingerprint density at radius 3 is 2.23 bits per heavy atom. The number of rotatable bonds is 8. The molecule has 202 valence electrons. The molecule has 4 rings (SSSR count). The summed E-state index contributed by atoms with van der Waals surface area (Å²) in [5.74, 6) is -1.18. The number of nitrogens with one attached hydrogen (secondary N) is 1. The minimum absolute atomic E-state index is 0.125. The topological polar surface area (TPSA) is 83.8 Å². The quantitative estimate of drug-likeness (QED) is 0.234. The molecule has 7 nitrogen and oxygen atoms in total. The summed E-state index contributed by atoms with van der Waals surface area (Å²) in [7, 11) is -4.15. The molecule has 0 saturated carbocycles. The second-order valence-corrected chi connectivity index (χ2v) is 11.4. The van der Waals surface area contributed by atoms with Gasteiger partial charge in [-0.1, -0.05) is 23.8 Å². The first-order chi connectivity index (χ1) is 18.5. The van der Waals surface area contributed by atoms with E-state index in [-0.39, 0.29) is 4.90 Å². The summed E-state index contributed by atoms with van der Waals surface area (Å²) in [6.45, 7) is 9.47. The number of aromatic nitrogens is 1. The van der Waals surface area contributed by atoms with Gasteiger partial charge in [0.15, 0.2) is 0 Å². The number of hydrogen-bond acceptors (Lipinski definition) is 4. The number of carbonyl (C=O) groups is 1. The highest BCUT2D eigenvalue weighted by atomic mass is 32.2. The van der Waals surface area contributed by atoms with E-state index in [1.54, 1.807) is 30.5 Å².